The van der Waals surface area contributed by atoms with Gasteiger partial charge in [0.25, 0.3) is 0 Å². The monoisotopic (exact) mass is 277 g/mol. The molecule has 2 aromatic rings. The van der Waals surface area contributed by atoms with Crippen molar-refractivity contribution in [2.45, 2.75) is 23.9 Å². The van der Waals surface area contributed by atoms with E-state index in [0.717, 1.165) is 34.9 Å². The molecule has 1 aromatic carbocycles. The number of halogens is 1. The van der Waals surface area contributed by atoms with Crippen LogP contribution in [-0.4, -0.2) is 15.3 Å². The highest BCUT2D eigenvalue weighted by atomic mass is 32.2. The van der Waals surface area contributed by atoms with Crippen LogP contribution in [0, 0.1) is 5.82 Å². The van der Waals surface area contributed by atoms with Crippen LogP contribution < -0.4 is 5.32 Å². The van der Waals surface area contributed by atoms with Crippen molar-refractivity contribution in [1.29, 1.82) is 0 Å². The fourth-order valence-corrected chi connectivity index (χ4v) is 3.52. The first-order valence-electron chi connectivity index (χ1n) is 6.35. The second-order valence-corrected chi connectivity index (χ2v) is 5.83. The summed E-state index contributed by atoms with van der Waals surface area (Å²) in [6.07, 6.45) is 4.68. The van der Waals surface area contributed by atoms with Crippen LogP contribution in [-0.2, 0) is 13.6 Å². The lowest BCUT2D eigenvalue weighted by molar-refractivity contribution is 0.488. The minimum absolute atomic E-state index is 0.102. The number of hydrogen-bond donors (Lipinski definition) is 1. The van der Waals surface area contributed by atoms with Gasteiger partial charge in [0.05, 0.1) is 12.0 Å². The SMILES string of the molecule is Cn1cncc1CN[C@@H]1CCSc2c(F)cccc21. The van der Waals surface area contributed by atoms with Gasteiger partial charge in [-0.05, 0) is 23.8 Å². The van der Waals surface area contributed by atoms with Crippen molar-refractivity contribution in [2.24, 2.45) is 7.05 Å². The first-order chi connectivity index (χ1) is 9.25. The predicted octanol–water partition coefficient (Wildman–Crippen LogP) is 2.89. The normalized spacial score (nSPS) is 18.3. The first kappa shape index (κ1) is 12.7. The molecule has 3 nitrogen and oxygen atoms in total. The summed E-state index contributed by atoms with van der Waals surface area (Å²) < 4.78 is 15.8. The molecule has 0 radical (unpaired) electrons. The number of thioether (sulfide) groups is 1. The molecule has 0 spiro atoms. The second-order valence-electron chi connectivity index (χ2n) is 4.72. The molecule has 0 saturated heterocycles. The Bertz CT molecular complexity index is 582. The lowest BCUT2D eigenvalue weighted by Gasteiger charge is -2.26. The van der Waals surface area contributed by atoms with Crippen molar-refractivity contribution >= 4 is 11.8 Å². The fraction of sp³-hybridized carbons (Fsp3) is 0.357. The Hall–Kier alpha value is -1.33. The van der Waals surface area contributed by atoms with Crippen LogP contribution in [0.15, 0.2) is 35.6 Å². The number of nitrogens with one attached hydrogen (secondary N) is 1. The van der Waals surface area contributed by atoms with Gasteiger partial charge in [0.2, 0.25) is 0 Å². The summed E-state index contributed by atoms with van der Waals surface area (Å²) in [7, 11) is 1.98. The molecule has 0 unspecified atom stereocenters. The molecule has 0 aliphatic carbocycles. The van der Waals surface area contributed by atoms with Gasteiger partial charge in [0, 0.05) is 30.7 Å². The van der Waals surface area contributed by atoms with Gasteiger partial charge in [-0.25, -0.2) is 9.37 Å². The number of benzene rings is 1. The quantitative estimate of drug-likeness (QED) is 0.935. The maximum absolute atomic E-state index is 13.8. The van der Waals surface area contributed by atoms with Gasteiger partial charge in [-0.15, -0.1) is 11.8 Å². The molecule has 2 heterocycles. The van der Waals surface area contributed by atoms with Crippen LogP contribution in [0.3, 0.4) is 0 Å². The molecule has 3 rings (SSSR count). The molecule has 0 saturated carbocycles. The number of hydrogen-bond acceptors (Lipinski definition) is 3. The summed E-state index contributed by atoms with van der Waals surface area (Å²) in [5, 5.41) is 3.51. The Labute approximate surface area is 116 Å². The Morgan fingerprint density at radius 1 is 1.53 bits per heavy atom. The van der Waals surface area contributed by atoms with E-state index < -0.39 is 0 Å². The average Bonchev–Trinajstić information content (AvgIpc) is 2.82. The standard InChI is InChI=1S/C14H16FN3S/c1-18-9-16-7-10(18)8-17-13-5-6-19-14-11(13)3-2-4-12(14)15/h2-4,7,9,13,17H,5-6,8H2,1H3/t13-/m1/s1. The van der Waals surface area contributed by atoms with Gasteiger partial charge < -0.3 is 9.88 Å². The highest BCUT2D eigenvalue weighted by Crippen LogP contribution is 2.37. The zero-order valence-electron chi connectivity index (χ0n) is 10.8. The van der Waals surface area contributed by atoms with Gasteiger partial charge in [0.1, 0.15) is 5.82 Å². The molecule has 1 aliphatic rings. The van der Waals surface area contributed by atoms with Crippen LogP contribution in [0.1, 0.15) is 23.7 Å². The lowest BCUT2D eigenvalue weighted by atomic mass is 10.0. The largest absolute Gasteiger partial charge is 0.337 e. The van der Waals surface area contributed by atoms with Gasteiger partial charge in [0.15, 0.2) is 0 Å². The Morgan fingerprint density at radius 2 is 2.42 bits per heavy atom. The maximum atomic E-state index is 13.8. The molecule has 0 fully saturated rings. The summed E-state index contributed by atoms with van der Waals surface area (Å²) in [6.45, 7) is 0.752. The summed E-state index contributed by atoms with van der Waals surface area (Å²) in [4.78, 5) is 4.90. The van der Waals surface area contributed by atoms with Crippen LogP contribution in [0.4, 0.5) is 4.39 Å². The molecule has 0 amide bonds. The van der Waals surface area contributed by atoms with Gasteiger partial charge >= 0.3 is 0 Å². The lowest BCUT2D eigenvalue weighted by Crippen LogP contribution is -2.25. The third-order valence-corrected chi connectivity index (χ3v) is 4.63. The zero-order chi connectivity index (χ0) is 13.2. The van der Waals surface area contributed by atoms with E-state index in [2.05, 4.69) is 10.3 Å². The smallest absolute Gasteiger partial charge is 0.137 e. The Balaban J connectivity index is 1.77. The molecular weight excluding hydrogens is 261 g/mol. The van der Waals surface area contributed by atoms with Crippen molar-refractivity contribution in [3.05, 3.63) is 47.8 Å². The molecular formula is C14H16FN3S. The first-order valence-corrected chi connectivity index (χ1v) is 7.34. The topological polar surface area (TPSA) is 29.9 Å². The number of aromatic nitrogens is 2. The molecule has 1 atom stereocenters. The predicted molar refractivity (Wildman–Crippen MR) is 74.5 cm³/mol. The van der Waals surface area contributed by atoms with E-state index in [1.165, 1.54) is 6.07 Å². The van der Waals surface area contributed by atoms with Gasteiger partial charge in [-0.2, -0.15) is 0 Å². The molecule has 0 bridgehead atoms. The van der Waals surface area contributed by atoms with Crippen LogP contribution in [0.2, 0.25) is 0 Å². The Kier molecular flexibility index (Phi) is 3.57. The fourth-order valence-electron chi connectivity index (χ4n) is 2.38. The molecule has 1 aromatic heterocycles. The highest BCUT2D eigenvalue weighted by Gasteiger charge is 2.22. The molecule has 19 heavy (non-hydrogen) atoms. The molecule has 1 aliphatic heterocycles. The summed E-state index contributed by atoms with van der Waals surface area (Å²) in [5.74, 6) is 0.853. The van der Waals surface area contributed by atoms with E-state index in [-0.39, 0.29) is 11.9 Å². The average molecular weight is 277 g/mol. The maximum Gasteiger partial charge on any atom is 0.137 e. The van der Waals surface area contributed by atoms with Crippen LogP contribution >= 0.6 is 11.8 Å². The third-order valence-electron chi connectivity index (χ3n) is 3.47. The molecule has 1 N–H and O–H groups in total. The van der Waals surface area contributed by atoms with Crippen molar-refractivity contribution in [1.82, 2.24) is 14.9 Å². The Morgan fingerprint density at radius 3 is 3.21 bits per heavy atom. The van der Waals surface area contributed by atoms with Gasteiger partial charge in [-0.1, -0.05) is 12.1 Å². The van der Waals surface area contributed by atoms with E-state index in [4.69, 9.17) is 0 Å². The minimum Gasteiger partial charge on any atom is -0.337 e. The van der Waals surface area contributed by atoms with Crippen molar-refractivity contribution in [2.75, 3.05) is 5.75 Å². The summed E-state index contributed by atoms with van der Waals surface area (Å²) in [5.41, 5.74) is 2.22. The van der Waals surface area contributed by atoms with E-state index in [1.54, 1.807) is 24.2 Å². The minimum atomic E-state index is -0.102. The number of fused-ring (bicyclic) bond motifs is 1. The van der Waals surface area contributed by atoms with E-state index >= 15 is 0 Å². The van der Waals surface area contributed by atoms with Crippen molar-refractivity contribution < 1.29 is 4.39 Å². The summed E-state index contributed by atoms with van der Waals surface area (Å²) in [6, 6.07) is 5.57. The van der Waals surface area contributed by atoms with Gasteiger partial charge in [-0.3, -0.25) is 0 Å². The summed E-state index contributed by atoms with van der Waals surface area (Å²) >= 11 is 1.61. The highest BCUT2D eigenvalue weighted by molar-refractivity contribution is 7.99. The molecule has 100 valence electrons. The van der Waals surface area contributed by atoms with Crippen molar-refractivity contribution in [3.8, 4) is 0 Å². The second kappa shape index (κ2) is 5.35. The zero-order valence-corrected chi connectivity index (χ0v) is 11.6. The van der Waals surface area contributed by atoms with Crippen LogP contribution in [0.25, 0.3) is 0 Å². The number of imidazole rings is 1. The van der Waals surface area contributed by atoms with Crippen molar-refractivity contribution in [3.63, 3.8) is 0 Å². The number of nitrogens with zero attached hydrogens (tertiary/aromatic N) is 2. The van der Waals surface area contributed by atoms with E-state index in [9.17, 15) is 4.39 Å². The van der Waals surface area contributed by atoms with Crippen LogP contribution in [0.5, 0.6) is 0 Å². The number of rotatable bonds is 3. The third kappa shape index (κ3) is 2.53. The van der Waals surface area contributed by atoms with E-state index in [0.29, 0.717) is 0 Å². The molecule has 5 heteroatoms. The number of aryl methyl sites for hydroxylation is 1. The van der Waals surface area contributed by atoms with E-state index in [1.807, 2.05) is 23.9 Å².